The van der Waals surface area contributed by atoms with Crippen molar-refractivity contribution in [1.82, 2.24) is 4.98 Å². The van der Waals surface area contributed by atoms with E-state index >= 15 is 0 Å². The Labute approximate surface area is 93.8 Å². The van der Waals surface area contributed by atoms with Crippen molar-refractivity contribution in [2.24, 2.45) is 0 Å². The van der Waals surface area contributed by atoms with E-state index in [0.29, 0.717) is 5.15 Å². The summed E-state index contributed by atoms with van der Waals surface area (Å²) in [5, 5.41) is 2.65. The number of hydrogen-bond acceptors (Lipinski definition) is 2. The van der Waals surface area contributed by atoms with E-state index in [4.69, 9.17) is 16.3 Å². The van der Waals surface area contributed by atoms with E-state index in [9.17, 15) is 0 Å². The fourth-order valence-electron chi connectivity index (χ4n) is 1.65. The first-order valence-electron chi connectivity index (χ1n) is 4.87. The minimum Gasteiger partial charge on any atom is -0.497 e. The van der Waals surface area contributed by atoms with Crippen LogP contribution in [-0.4, -0.2) is 12.1 Å². The number of benzene rings is 1. The molecule has 0 amide bonds. The van der Waals surface area contributed by atoms with Crippen LogP contribution in [0.4, 0.5) is 0 Å². The second-order valence-electron chi connectivity index (χ2n) is 3.34. The minimum absolute atomic E-state index is 0.546. The molecule has 0 bridgehead atoms. The van der Waals surface area contributed by atoms with Gasteiger partial charge in [0.2, 0.25) is 0 Å². The fourth-order valence-corrected chi connectivity index (χ4v) is 1.86. The van der Waals surface area contributed by atoms with Crippen LogP contribution in [0.1, 0.15) is 12.5 Å². The Bertz CT molecular complexity index is 496. The molecular formula is C12H12ClNO. The Kier molecular flexibility index (Phi) is 2.78. The molecule has 1 aromatic carbocycles. The zero-order valence-electron chi connectivity index (χ0n) is 8.75. The van der Waals surface area contributed by atoms with Crippen LogP contribution in [0.15, 0.2) is 24.4 Å². The second kappa shape index (κ2) is 4.07. The molecule has 15 heavy (non-hydrogen) atoms. The van der Waals surface area contributed by atoms with Gasteiger partial charge >= 0.3 is 0 Å². The molecule has 0 aliphatic rings. The van der Waals surface area contributed by atoms with Crippen molar-refractivity contribution in [3.05, 3.63) is 35.1 Å². The summed E-state index contributed by atoms with van der Waals surface area (Å²) in [7, 11) is 1.66. The lowest BCUT2D eigenvalue weighted by Gasteiger charge is -2.07. The maximum absolute atomic E-state index is 6.03. The maximum Gasteiger partial charge on any atom is 0.136 e. The Hall–Kier alpha value is -1.28. The van der Waals surface area contributed by atoms with Crippen molar-refractivity contribution in [3.8, 4) is 5.75 Å². The summed E-state index contributed by atoms with van der Waals surface area (Å²) < 4.78 is 5.20. The zero-order chi connectivity index (χ0) is 10.8. The highest BCUT2D eigenvalue weighted by molar-refractivity contribution is 6.34. The van der Waals surface area contributed by atoms with Gasteiger partial charge in [0.1, 0.15) is 10.9 Å². The smallest absolute Gasteiger partial charge is 0.136 e. The molecule has 78 valence electrons. The van der Waals surface area contributed by atoms with Gasteiger partial charge in [-0.15, -0.1) is 0 Å². The van der Waals surface area contributed by atoms with Gasteiger partial charge in [0, 0.05) is 11.6 Å². The first-order chi connectivity index (χ1) is 7.26. The molecule has 2 aromatic rings. The van der Waals surface area contributed by atoms with Gasteiger partial charge in [-0.2, -0.15) is 0 Å². The zero-order valence-corrected chi connectivity index (χ0v) is 9.51. The summed E-state index contributed by atoms with van der Waals surface area (Å²) >= 11 is 6.03. The standard InChI is InChI=1S/C12H12ClNO/c1-3-8-7-14-12(13)10-5-4-9(15-2)6-11(8)10/h4-7H,3H2,1-2H3. The molecule has 1 aromatic heterocycles. The van der Waals surface area contributed by atoms with Crippen LogP contribution in [0.3, 0.4) is 0 Å². The predicted molar refractivity (Wildman–Crippen MR) is 62.7 cm³/mol. The molecule has 0 spiro atoms. The minimum atomic E-state index is 0.546. The van der Waals surface area contributed by atoms with Crippen molar-refractivity contribution in [2.75, 3.05) is 7.11 Å². The largest absolute Gasteiger partial charge is 0.497 e. The lowest BCUT2D eigenvalue weighted by atomic mass is 10.1. The van der Waals surface area contributed by atoms with E-state index < -0.39 is 0 Å². The molecule has 0 aliphatic carbocycles. The molecular weight excluding hydrogens is 210 g/mol. The molecule has 2 rings (SSSR count). The average molecular weight is 222 g/mol. The van der Waals surface area contributed by atoms with Crippen molar-refractivity contribution in [3.63, 3.8) is 0 Å². The van der Waals surface area contributed by atoms with Gasteiger partial charge in [-0.3, -0.25) is 0 Å². The third-order valence-corrected chi connectivity index (χ3v) is 2.81. The maximum atomic E-state index is 6.03. The van der Waals surface area contributed by atoms with Gasteiger partial charge in [-0.25, -0.2) is 4.98 Å². The third-order valence-electron chi connectivity index (χ3n) is 2.51. The van der Waals surface area contributed by atoms with Crippen LogP contribution < -0.4 is 4.74 Å². The lowest BCUT2D eigenvalue weighted by molar-refractivity contribution is 0.415. The summed E-state index contributed by atoms with van der Waals surface area (Å²) in [6.45, 7) is 2.10. The Balaban J connectivity index is 2.77. The number of halogens is 1. The van der Waals surface area contributed by atoms with E-state index in [1.807, 2.05) is 24.4 Å². The molecule has 0 atom stereocenters. The molecule has 2 nitrogen and oxygen atoms in total. The van der Waals surface area contributed by atoms with E-state index in [1.54, 1.807) is 7.11 Å². The van der Waals surface area contributed by atoms with Crippen molar-refractivity contribution < 1.29 is 4.74 Å². The Morgan fingerprint density at radius 1 is 1.33 bits per heavy atom. The normalized spacial score (nSPS) is 10.6. The quantitative estimate of drug-likeness (QED) is 0.725. The van der Waals surface area contributed by atoms with Crippen LogP contribution in [0.2, 0.25) is 5.15 Å². The number of hydrogen-bond donors (Lipinski definition) is 0. The number of rotatable bonds is 2. The van der Waals surface area contributed by atoms with Crippen LogP contribution in [0.25, 0.3) is 10.8 Å². The number of aromatic nitrogens is 1. The highest BCUT2D eigenvalue weighted by atomic mass is 35.5. The summed E-state index contributed by atoms with van der Waals surface area (Å²) in [5.41, 5.74) is 1.19. The molecule has 3 heteroatoms. The molecule has 1 heterocycles. The van der Waals surface area contributed by atoms with E-state index in [1.165, 1.54) is 5.56 Å². The molecule has 0 saturated heterocycles. The van der Waals surface area contributed by atoms with Crippen LogP contribution in [0, 0.1) is 0 Å². The third kappa shape index (κ3) is 1.77. The van der Waals surface area contributed by atoms with Crippen molar-refractivity contribution in [2.45, 2.75) is 13.3 Å². The van der Waals surface area contributed by atoms with E-state index in [-0.39, 0.29) is 0 Å². The SMILES string of the molecule is CCc1cnc(Cl)c2ccc(OC)cc12. The number of aryl methyl sites for hydroxylation is 1. The predicted octanol–water partition coefficient (Wildman–Crippen LogP) is 3.46. The Morgan fingerprint density at radius 2 is 2.13 bits per heavy atom. The monoisotopic (exact) mass is 221 g/mol. The van der Waals surface area contributed by atoms with Crippen LogP contribution >= 0.6 is 11.6 Å². The molecule has 0 saturated carbocycles. The van der Waals surface area contributed by atoms with Gasteiger partial charge in [-0.05, 0) is 35.6 Å². The van der Waals surface area contributed by atoms with Crippen molar-refractivity contribution in [1.29, 1.82) is 0 Å². The summed E-state index contributed by atoms with van der Waals surface area (Å²) in [4.78, 5) is 4.16. The summed E-state index contributed by atoms with van der Waals surface area (Å²) in [5.74, 6) is 0.847. The van der Waals surface area contributed by atoms with Crippen LogP contribution in [0.5, 0.6) is 5.75 Å². The first kappa shape index (κ1) is 10.2. The van der Waals surface area contributed by atoms with E-state index in [0.717, 1.165) is 22.9 Å². The van der Waals surface area contributed by atoms with Crippen LogP contribution in [-0.2, 0) is 6.42 Å². The first-order valence-corrected chi connectivity index (χ1v) is 5.25. The Morgan fingerprint density at radius 3 is 2.80 bits per heavy atom. The number of pyridine rings is 1. The van der Waals surface area contributed by atoms with Gasteiger partial charge in [0.05, 0.1) is 7.11 Å². The number of fused-ring (bicyclic) bond motifs is 1. The molecule has 0 fully saturated rings. The highest BCUT2D eigenvalue weighted by Gasteiger charge is 2.05. The van der Waals surface area contributed by atoms with Gasteiger partial charge in [0.25, 0.3) is 0 Å². The molecule has 0 radical (unpaired) electrons. The topological polar surface area (TPSA) is 22.1 Å². The average Bonchev–Trinajstić information content (AvgIpc) is 2.29. The number of ether oxygens (including phenoxy) is 1. The molecule has 0 unspecified atom stereocenters. The van der Waals surface area contributed by atoms with Gasteiger partial charge < -0.3 is 4.74 Å². The second-order valence-corrected chi connectivity index (χ2v) is 3.70. The summed E-state index contributed by atoms with van der Waals surface area (Å²) in [6.07, 6.45) is 2.76. The van der Waals surface area contributed by atoms with E-state index in [2.05, 4.69) is 11.9 Å². The van der Waals surface area contributed by atoms with Crippen molar-refractivity contribution >= 4 is 22.4 Å². The number of methoxy groups -OCH3 is 1. The van der Waals surface area contributed by atoms with Gasteiger partial charge in [0.15, 0.2) is 0 Å². The summed E-state index contributed by atoms with van der Waals surface area (Å²) in [6, 6.07) is 5.85. The molecule has 0 N–H and O–H groups in total. The fraction of sp³-hybridized carbons (Fsp3) is 0.250. The van der Waals surface area contributed by atoms with Gasteiger partial charge in [-0.1, -0.05) is 18.5 Å². The number of nitrogens with zero attached hydrogens (tertiary/aromatic N) is 1. The highest BCUT2D eigenvalue weighted by Crippen LogP contribution is 2.28. The lowest BCUT2D eigenvalue weighted by Crippen LogP contribution is -1.89. The molecule has 0 aliphatic heterocycles.